The van der Waals surface area contributed by atoms with Crippen LogP contribution in [-0.2, 0) is 0 Å². The maximum absolute atomic E-state index is 5.36. The van der Waals surface area contributed by atoms with Gasteiger partial charge in [0.2, 0.25) is 0 Å². The first-order chi connectivity index (χ1) is 4.43. The zero-order valence-corrected chi connectivity index (χ0v) is 6.41. The summed E-state index contributed by atoms with van der Waals surface area (Å²) < 4.78 is 0. The summed E-state index contributed by atoms with van der Waals surface area (Å²) in [6, 6.07) is 0. The number of rotatable bonds is 2. The molecule has 0 amide bonds. The summed E-state index contributed by atoms with van der Waals surface area (Å²) in [5.41, 5.74) is 6.96. The first-order valence-corrected chi connectivity index (χ1v) is 4.54. The van der Waals surface area contributed by atoms with E-state index in [0.29, 0.717) is 0 Å². The summed E-state index contributed by atoms with van der Waals surface area (Å²) in [6.07, 6.45) is 4.65. The SMILES string of the molecule is NCCC=C1CCSC1. The molecular weight excluding hydrogens is 130 g/mol. The van der Waals surface area contributed by atoms with Gasteiger partial charge in [-0.25, -0.2) is 0 Å². The Morgan fingerprint density at radius 2 is 2.56 bits per heavy atom. The van der Waals surface area contributed by atoms with Gasteiger partial charge in [0.25, 0.3) is 0 Å². The van der Waals surface area contributed by atoms with Crippen molar-refractivity contribution in [1.82, 2.24) is 0 Å². The highest BCUT2D eigenvalue weighted by Gasteiger charge is 2.04. The van der Waals surface area contributed by atoms with Crippen LogP contribution in [-0.4, -0.2) is 18.1 Å². The summed E-state index contributed by atoms with van der Waals surface area (Å²) in [4.78, 5) is 0. The number of nitrogens with two attached hydrogens (primary N) is 1. The first-order valence-electron chi connectivity index (χ1n) is 3.39. The molecule has 0 aromatic carbocycles. The topological polar surface area (TPSA) is 26.0 Å². The van der Waals surface area contributed by atoms with Crippen LogP contribution >= 0.6 is 11.8 Å². The van der Waals surface area contributed by atoms with Gasteiger partial charge < -0.3 is 5.73 Å². The van der Waals surface area contributed by atoms with Gasteiger partial charge in [0, 0.05) is 5.75 Å². The number of thioether (sulfide) groups is 1. The molecule has 0 saturated carbocycles. The van der Waals surface area contributed by atoms with Crippen LogP contribution in [0.15, 0.2) is 11.6 Å². The lowest BCUT2D eigenvalue weighted by atomic mass is 10.2. The molecule has 2 heteroatoms. The quantitative estimate of drug-likeness (QED) is 0.591. The maximum atomic E-state index is 5.36. The standard InChI is InChI=1S/C7H13NS/c8-4-1-2-7-3-5-9-6-7/h2H,1,3-6,8H2. The van der Waals surface area contributed by atoms with Gasteiger partial charge >= 0.3 is 0 Å². The van der Waals surface area contributed by atoms with E-state index in [1.54, 1.807) is 5.57 Å². The Morgan fingerprint density at radius 1 is 1.67 bits per heavy atom. The predicted octanol–water partition coefficient (Wildman–Crippen LogP) is 1.40. The third-order valence-corrected chi connectivity index (χ3v) is 2.52. The van der Waals surface area contributed by atoms with Crippen molar-refractivity contribution in [3.05, 3.63) is 11.6 Å². The maximum Gasteiger partial charge on any atom is 0.0143 e. The minimum absolute atomic E-state index is 0.800. The average Bonchev–Trinajstić information content (AvgIpc) is 2.34. The van der Waals surface area contributed by atoms with Crippen LogP contribution in [0.3, 0.4) is 0 Å². The van der Waals surface area contributed by atoms with Gasteiger partial charge in [-0.1, -0.05) is 11.6 Å². The van der Waals surface area contributed by atoms with E-state index in [2.05, 4.69) is 6.08 Å². The average molecular weight is 143 g/mol. The van der Waals surface area contributed by atoms with Crippen molar-refractivity contribution in [3.8, 4) is 0 Å². The van der Waals surface area contributed by atoms with Crippen LogP contribution in [0.5, 0.6) is 0 Å². The van der Waals surface area contributed by atoms with Crippen LogP contribution in [0.1, 0.15) is 12.8 Å². The molecule has 0 aliphatic carbocycles. The molecule has 0 unspecified atom stereocenters. The molecule has 1 saturated heterocycles. The third kappa shape index (κ3) is 2.41. The highest BCUT2D eigenvalue weighted by molar-refractivity contribution is 7.99. The lowest BCUT2D eigenvalue weighted by Crippen LogP contribution is -1.96. The van der Waals surface area contributed by atoms with Gasteiger partial charge in [0.1, 0.15) is 0 Å². The molecule has 1 aliphatic rings. The normalized spacial score (nSPS) is 23.4. The van der Waals surface area contributed by atoms with Crippen molar-refractivity contribution in [3.63, 3.8) is 0 Å². The largest absolute Gasteiger partial charge is 0.330 e. The van der Waals surface area contributed by atoms with Crippen molar-refractivity contribution < 1.29 is 0 Å². The van der Waals surface area contributed by atoms with E-state index in [1.807, 2.05) is 11.8 Å². The highest BCUT2D eigenvalue weighted by atomic mass is 32.2. The molecule has 1 fully saturated rings. The van der Waals surface area contributed by atoms with Crippen molar-refractivity contribution >= 4 is 11.8 Å². The zero-order valence-electron chi connectivity index (χ0n) is 5.60. The van der Waals surface area contributed by atoms with E-state index in [4.69, 9.17) is 5.73 Å². The fourth-order valence-corrected chi connectivity index (χ4v) is 2.00. The third-order valence-electron chi connectivity index (χ3n) is 1.45. The summed E-state index contributed by atoms with van der Waals surface area (Å²) in [7, 11) is 0. The fraction of sp³-hybridized carbons (Fsp3) is 0.714. The van der Waals surface area contributed by atoms with Crippen LogP contribution in [0, 0.1) is 0 Å². The number of hydrogen-bond acceptors (Lipinski definition) is 2. The molecular formula is C7H13NS. The van der Waals surface area contributed by atoms with E-state index >= 15 is 0 Å². The van der Waals surface area contributed by atoms with E-state index in [1.165, 1.54) is 17.9 Å². The molecule has 1 rings (SSSR count). The van der Waals surface area contributed by atoms with E-state index in [0.717, 1.165) is 13.0 Å². The molecule has 1 nitrogen and oxygen atoms in total. The second kappa shape index (κ2) is 3.96. The molecule has 0 bridgehead atoms. The molecule has 0 aromatic heterocycles. The van der Waals surface area contributed by atoms with E-state index in [9.17, 15) is 0 Å². The molecule has 52 valence electrons. The van der Waals surface area contributed by atoms with Crippen molar-refractivity contribution in [2.45, 2.75) is 12.8 Å². The second-order valence-electron chi connectivity index (χ2n) is 2.24. The van der Waals surface area contributed by atoms with E-state index < -0.39 is 0 Å². The van der Waals surface area contributed by atoms with Crippen LogP contribution in [0.4, 0.5) is 0 Å². The highest BCUT2D eigenvalue weighted by Crippen LogP contribution is 2.22. The minimum Gasteiger partial charge on any atom is -0.330 e. The van der Waals surface area contributed by atoms with Crippen molar-refractivity contribution in [1.29, 1.82) is 0 Å². The Balaban J connectivity index is 2.22. The molecule has 9 heavy (non-hydrogen) atoms. The predicted molar refractivity (Wildman–Crippen MR) is 43.7 cm³/mol. The lowest BCUT2D eigenvalue weighted by molar-refractivity contribution is 0.985. The van der Waals surface area contributed by atoms with Crippen molar-refractivity contribution in [2.24, 2.45) is 5.73 Å². The Kier molecular flexibility index (Phi) is 3.15. The Hall–Kier alpha value is 0.0500. The van der Waals surface area contributed by atoms with Crippen LogP contribution in [0.25, 0.3) is 0 Å². The van der Waals surface area contributed by atoms with E-state index in [-0.39, 0.29) is 0 Å². The molecule has 0 spiro atoms. The molecule has 1 heterocycles. The number of hydrogen-bond donors (Lipinski definition) is 1. The molecule has 0 radical (unpaired) electrons. The summed E-state index contributed by atoms with van der Waals surface area (Å²) >= 11 is 2.02. The van der Waals surface area contributed by atoms with Crippen molar-refractivity contribution in [2.75, 3.05) is 18.1 Å². The molecule has 1 aliphatic heterocycles. The van der Waals surface area contributed by atoms with Gasteiger partial charge in [0.15, 0.2) is 0 Å². The monoisotopic (exact) mass is 143 g/mol. The van der Waals surface area contributed by atoms with Crippen LogP contribution < -0.4 is 5.73 Å². The lowest BCUT2D eigenvalue weighted by Gasteiger charge is -1.91. The summed E-state index contributed by atoms with van der Waals surface area (Å²) in [6.45, 7) is 0.800. The molecule has 2 N–H and O–H groups in total. The van der Waals surface area contributed by atoms with Gasteiger partial charge in [-0.15, -0.1) is 0 Å². The Labute approximate surface area is 60.7 Å². The van der Waals surface area contributed by atoms with Gasteiger partial charge in [-0.2, -0.15) is 11.8 Å². The van der Waals surface area contributed by atoms with Crippen LogP contribution in [0.2, 0.25) is 0 Å². The smallest absolute Gasteiger partial charge is 0.0143 e. The Bertz CT molecular complexity index is 101. The molecule has 0 atom stereocenters. The summed E-state index contributed by atoms with van der Waals surface area (Å²) in [5.74, 6) is 2.57. The summed E-state index contributed by atoms with van der Waals surface area (Å²) in [5, 5.41) is 0. The second-order valence-corrected chi connectivity index (χ2v) is 3.35. The minimum atomic E-state index is 0.800. The first kappa shape index (κ1) is 7.16. The fourth-order valence-electron chi connectivity index (χ4n) is 0.927. The Morgan fingerprint density at radius 3 is 3.11 bits per heavy atom. The van der Waals surface area contributed by atoms with Gasteiger partial charge in [-0.05, 0) is 25.1 Å². The molecule has 0 aromatic rings. The van der Waals surface area contributed by atoms with Gasteiger partial charge in [0.05, 0.1) is 0 Å². The van der Waals surface area contributed by atoms with Gasteiger partial charge in [-0.3, -0.25) is 0 Å². The zero-order chi connectivity index (χ0) is 6.53.